The Kier molecular flexibility index (Phi) is 5.95. The summed E-state index contributed by atoms with van der Waals surface area (Å²) in [7, 11) is 4.63. The van der Waals surface area contributed by atoms with Crippen LogP contribution in [-0.2, 0) is 5.41 Å². The summed E-state index contributed by atoms with van der Waals surface area (Å²) in [5.74, 6) is 1.29. The number of nitrogens with one attached hydrogen (secondary N) is 1. The Morgan fingerprint density at radius 1 is 1.04 bits per heavy atom. The Morgan fingerprint density at radius 3 is 2.26 bits per heavy atom. The summed E-state index contributed by atoms with van der Waals surface area (Å²) in [6.07, 6.45) is 3.29. The summed E-state index contributed by atoms with van der Waals surface area (Å²) in [5, 5.41) is 3.09. The summed E-state index contributed by atoms with van der Waals surface area (Å²) in [6.45, 7) is 0.583. The molecule has 1 fully saturated rings. The Hall–Kier alpha value is -2.21. The molecule has 1 N–H and O–H groups in total. The van der Waals surface area contributed by atoms with E-state index in [1.807, 2.05) is 12.1 Å². The van der Waals surface area contributed by atoms with Crippen molar-refractivity contribution >= 4 is 21.8 Å². The first-order valence-electron chi connectivity index (χ1n) is 8.87. The molecule has 0 bridgehead atoms. The molecule has 1 aliphatic rings. The molecule has 0 aliphatic heterocycles. The van der Waals surface area contributed by atoms with Crippen molar-refractivity contribution in [3.05, 3.63) is 52.0 Å². The van der Waals surface area contributed by atoms with E-state index >= 15 is 0 Å². The van der Waals surface area contributed by atoms with Crippen LogP contribution in [0.15, 0.2) is 40.9 Å². The minimum Gasteiger partial charge on any atom is -0.496 e. The van der Waals surface area contributed by atoms with Crippen molar-refractivity contribution < 1.29 is 19.0 Å². The van der Waals surface area contributed by atoms with Crippen LogP contribution in [0.4, 0.5) is 0 Å². The summed E-state index contributed by atoms with van der Waals surface area (Å²) >= 11 is 3.54. The second-order valence-corrected chi connectivity index (χ2v) is 7.65. The van der Waals surface area contributed by atoms with Gasteiger partial charge in [0.05, 0.1) is 26.9 Å². The van der Waals surface area contributed by atoms with Gasteiger partial charge in [0.1, 0.15) is 5.75 Å². The summed E-state index contributed by atoms with van der Waals surface area (Å²) in [6, 6.07) is 11.7. The van der Waals surface area contributed by atoms with Gasteiger partial charge in [-0.1, -0.05) is 34.5 Å². The van der Waals surface area contributed by atoms with Crippen molar-refractivity contribution in [3.63, 3.8) is 0 Å². The maximum Gasteiger partial charge on any atom is 0.255 e. The largest absolute Gasteiger partial charge is 0.496 e. The molecule has 0 saturated heterocycles. The molecule has 6 heteroatoms. The van der Waals surface area contributed by atoms with Gasteiger partial charge in [-0.3, -0.25) is 4.79 Å². The van der Waals surface area contributed by atoms with Gasteiger partial charge >= 0.3 is 0 Å². The number of halogens is 1. The lowest BCUT2D eigenvalue weighted by Gasteiger charge is -2.42. The molecule has 0 atom stereocenters. The highest BCUT2D eigenvalue weighted by atomic mass is 79.9. The van der Waals surface area contributed by atoms with Crippen molar-refractivity contribution in [2.24, 2.45) is 0 Å². The number of benzene rings is 2. The van der Waals surface area contributed by atoms with Crippen LogP contribution in [-0.4, -0.2) is 33.8 Å². The molecule has 1 amide bonds. The molecular formula is C21H24BrNO4. The average molecular weight is 434 g/mol. The highest BCUT2D eigenvalue weighted by Gasteiger charge is 2.39. The van der Waals surface area contributed by atoms with E-state index in [1.165, 1.54) is 19.1 Å². The average Bonchev–Trinajstić information content (AvgIpc) is 2.65. The van der Waals surface area contributed by atoms with E-state index in [-0.39, 0.29) is 11.3 Å². The molecule has 0 spiro atoms. The van der Waals surface area contributed by atoms with Gasteiger partial charge in [0.25, 0.3) is 5.91 Å². The van der Waals surface area contributed by atoms with Gasteiger partial charge < -0.3 is 19.5 Å². The number of ether oxygens (including phenoxy) is 3. The molecule has 0 heterocycles. The van der Waals surface area contributed by atoms with E-state index in [2.05, 4.69) is 33.4 Å². The lowest BCUT2D eigenvalue weighted by Crippen LogP contribution is -2.45. The third-order valence-electron chi connectivity index (χ3n) is 5.29. The second kappa shape index (κ2) is 8.21. The SMILES string of the molecule is COc1cc(OC)c(C(=O)NCC2(c3cccc(Br)c3)CCC2)cc1OC. The first-order valence-corrected chi connectivity index (χ1v) is 9.66. The van der Waals surface area contributed by atoms with E-state index < -0.39 is 0 Å². The van der Waals surface area contributed by atoms with Crippen LogP contribution in [0.5, 0.6) is 17.2 Å². The van der Waals surface area contributed by atoms with E-state index in [0.717, 1.165) is 17.3 Å². The van der Waals surface area contributed by atoms with Gasteiger partial charge in [0, 0.05) is 28.6 Å². The fourth-order valence-corrected chi connectivity index (χ4v) is 3.94. The molecule has 0 aromatic heterocycles. The van der Waals surface area contributed by atoms with Crippen molar-refractivity contribution in [3.8, 4) is 17.2 Å². The standard InChI is InChI=1S/C21H24BrNO4/c1-25-17-12-19(27-3)18(26-2)11-16(17)20(24)23-13-21(8-5-9-21)14-6-4-7-15(22)10-14/h4,6-7,10-12H,5,8-9,13H2,1-3H3,(H,23,24). The third kappa shape index (κ3) is 3.90. The van der Waals surface area contributed by atoms with Gasteiger partial charge in [-0.05, 0) is 30.5 Å². The molecule has 2 aromatic rings. The number of hydrogen-bond donors (Lipinski definition) is 1. The molecule has 0 radical (unpaired) electrons. The monoisotopic (exact) mass is 433 g/mol. The molecule has 5 nitrogen and oxygen atoms in total. The maximum atomic E-state index is 12.9. The van der Waals surface area contributed by atoms with E-state index in [0.29, 0.717) is 29.4 Å². The number of carbonyl (C=O) groups excluding carboxylic acids is 1. The number of carbonyl (C=O) groups is 1. The molecule has 0 unspecified atom stereocenters. The van der Waals surface area contributed by atoms with Crippen LogP contribution < -0.4 is 19.5 Å². The normalized spacial score (nSPS) is 14.8. The Labute approximate surface area is 168 Å². The lowest BCUT2D eigenvalue weighted by atomic mass is 9.64. The van der Waals surface area contributed by atoms with Crippen LogP contribution in [0.25, 0.3) is 0 Å². The summed E-state index contributed by atoms with van der Waals surface area (Å²) in [4.78, 5) is 12.9. The highest BCUT2D eigenvalue weighted by molar-refractivity contribution is 9.10. The van der Waals surface area contributed by atoms with Crippen molar-refractivity contribution in [2.45, 2.75) is 24.7 Å². The van der Waals surface area contributed by atoms with Crippen LogP contribution in [0.1, 0.15) is 35.2 Å². The highest BCUT2D eigenvalue weighted by Crippen LogP contribution is 2.44. The Bertz CT molecular complexity index is 833. The Balaban J connectivity index is 1.81. The lowest BCUT2D eigenvalue weighted by molar-refractivity contribution is 0.0924. The zero-order chi connectivity index (χ0) is 19.4. The smallest absolute Gasteiger partial charge is 0.255 e. The van der Waals surface area contributed by atoms with E-state index in [1.54, 1.807) is 26.4 Å². The van der Waals surface area contributed by atoms with Crippen LogP contribution >= 0.6 is 15.9 Å². The molecular weight excluding hydrogens is 410 g/mol. The molecule has 3 rings (SSSR count). The zero-order valence-electron chi connectivity index (χ0n) is 15.8. The van der Waals surface area contributed by atoms with Crippen molar-refractivity contribution in [1.82, 2.24) is 5.32 Å². The first-order chi connectivity index (χ1) is 13.0. The third-order valence-corrected chi connectivity index (χ3v) is 5.78. The topological polar surface area (TPSA) is 56.8 Å². The van der Waals surface area contributed by atoms with Crippen molar-refractivity contribution in [2.75, 3.05) is 27.9 Å². The maximum absolute atomic E-state index is 12.9. The number of hydrogen-bond acceptors (Lipinski definition) is 4. The molecule has 2 aromatic carbocycles. The van der Waals surface area contributed by atoms with Crippen LogP contribution in [0.3, 0.4) is 0 Å². The van der Waals surface area contributed by atoms with Crippen LogP contribution in [0.2, 0.25) is 0 Å². The molecule has 1 aliphatic carbocycles. The predicted molar refractivity (Wildman–Crippen MR) is 108 cm³/mol. The van der Waals surface area contributed by atoms with Crippen LogP contribution in [0, 0.1) is 0 Å². The zero-order valence-corrected chi connectivity index (χ0v) is 17.4. The minimum atomic E-state index is -0.186. The van der Waals surface area contributed by atoms with Gasteiger partial charge in [-0.15, -0.1) is 0 Å². The predicted octanol–water partition coefficient (Wildman–Crippen LogP) is 4.33. The number of amides is 1. The van der Waals surface area contributed by atoms with Gasteiger partial charge in [0.15, 0.2) is 11.5 Å². The number of rotatable bonds is 7. The quantitative estimate of drug-likeness (QED) is 0.705. The van der Waals surface area contributed by atoms with Gasteiger partial charge in [-0.2, -0.15) is 0 Å². The second-order valence-electron chi connectivity index (χ2n) is 6.73. The van der Waals surface area contributed by atoms with E-state index in [4.69, 9.17) is 14.2 Å². The summed E-state index contributed by atoms with van der Waals surface area (Å²) in [5.41, 5.74) is 1.67. The molecule has 27 heavy (non-hydrogen) atoms. The Morgan fingerprint density at radius 2 is 1.70 bits per heavy atom. The van der Waals surface area contributed by atoms with E-state index in [9.17, 15) is 4.79 Å². The molecule has 144 valence electrons. The fourth-order valence-electron chi connectivity index (χ4n) is 3.54. The van der Waals surface area contributed by atoms with Gasteiger partial charge in [0.2, 0.25) is 0 Å². The molecule has 1 saturated carbocycles. The first kappa shape index (κ1) is 19.5. The van der Waals surface area contributed by atoms with Gasteiger partial charge in [-0.25, -0.2) is 0 Å². The summed E-state index contributed by atoms with van der Waals surface area (Å²) < 4.78 is 17.0. The fraction of sp³-hybridized carbons (Fsp3) is 0.381. The van der Waals surface area contributed by atoms with Crippen molar-refractivity contribution in [1.29, 1.82) is 0 Å². The minimum absolute atomic E-state index is 0.0107. The number of methoxy groups -OCH3 is 3.